The Balaban J connectivity index is 1.14. The second-order valence-electron chi connectivity index (χ2n) is 19.3. The number of ether oxygens (including phenoxy) is 4. The molecule has 6 aromatic carbocycles. The number of carbonyl (C=O) groups excluding carboxylic acids is 8. The average molecular weight is 1140 g/mol. The summed E-state index contributed by atoms with van der Waals surface area (Å²) in [6.07, 6.45) is 3.42. The van der Waals surface area contributed by atoms with E-state index in [-0.39, 0.29) is 41.8 Å². The summed E-state index contributed by atoms with van der Waals surface area (Å²) in [5.74, 6) is -15.3. The van der Waals surface area contributed by atoms with Gasteiger partial charge in [0.25, 0.3) is 0 Å². The molecule has 12 nitrogen and oxygen atoms in total. The van der Waals surface area contributed by atoms with Crippen LogP contribution in [0.25, 0.3) is 33.1 Å². The van der Waals surface area contributed by atoms with E-state index in [4.69, 9.17) is 18.9 Å². The zero-order valence-corrected chi connectivity index (χ0v) is 43.9. The van der Waals surface area contributed by atoms with Crippen molar-refractivity contribution in [2.24, 2.45) is 0 Å². The molecule has 0 aliphatic heterocycles. The lowest BCUT2D eigenvalue weighted by Gasteiger charge is -2.33. The quantitative estimate of drug-likeness (QED) is 0.0252. The van der Waals surface area contributed by atoms with E-state index >= 15 is 32.3 Å². The van der Waals surface area contributed by atoms with E-state index in [1.54, 1.807) is 121 Å². The summed E-state index contributed by atoms with van der Waals surface area (Å²) in [6.45, 7) is -1.92. The summed E-state index contributed by atoms with van der Waals surface area (Å²) in [5.41, 5.74) is -8.70. The standard InChI is InChI=1S/C64H36F4O12S2/c65-38-23-41-43(53(69)55(71)49(41)46(67)25-38)21-37-22-48-51(63(37,59(73)77-29-33-13-5-1-6-14-33)60(74)78-30-34-15-7-2-8-16-34)52-58(82-48)57-45(28-40(81-57)27-44-42-24-39(66)26-47(68)50(42)56(72)54(44)70)64(52,61(75)79-31-35-17-9-3-10-18-35)62(76)80-32-36-19-11-4-12-20-36/h1-28H,29-32H2/b43-21-,44-27-. The zero-order chi connectivity index (χ0) is 57.2. The minimum Gasteiger partial charge on any atom is -0.459 e. The van der Waals surface area contributed by atoms with Gasteiger partial charge in [-0.15, -0.1) is 22.7 Å². The number of carbonyl (C=O) groups is 8. The zero-order valence-electron chi connectivity index (χ0n) is 42.2. The lowest BCUT2D eigenvalue weighted by Crippen LogP contribution is -2.51. The number of fused-ring (bicyclic) bond motifs is 7. The predicted octanol–water partition coefficient (Wildman–Crippen LogP) is 11.4. The Morgan fingerprint density at radius 1 is 0.439 bits per heavy atom. The van der Waals surface area contributed by atoms with Gasteiger partial charge in [0.15, 0.2) is 0 Å². The molecule has 4 aliphatic carbocycles. The van der Waals surface area contributed by atoms with Crippen LogP contribution in [0.1, 0.15) is 80.5 Å². The SMILES string of the molecule is O=C1C(=O)c2c(F)cc(F)cc2/C1=C/C1=Cc2sc3c(c2C1(C(=O)OCc1ccccc1)C(=O)OCc1ccccc1)C(C(=O)OCc1ccccc1)(C(=O)OCc1ccccc1)c1cc(/C=C2\C(=O)C(=O)c4c(F)cc(F)cc42)sc1-3. The minimum absolute atomic E-state index is 0.0147. The topological polar surface area (TPSA) is 173 Å². The Labute approximate surface area is 470 Å². The van der Waals surface area contributed by atoms with Crippen molar-refractivity contribution in [1.29, 1.82) is 0 Å². The largest absolute Gasteiger partial charge is 0.459 e. The summed E-state index contributed by atoms with van der Waals surface area (Å²) < 4.78 is 85.2. The second-order valence-corrected chi connectivity index (χ2v) is 21.5. The molecule has 0 radical (unpaired) electrons. The van der Waals surface area contributed by atoms with Crippen molar-refractivity contribution in [3.8, 4) is 9.75 Å². The van der Waals surface area contributed by atoms with Crippen molar-refractivity contribution in [2.45, 2.75) is 37.3 Å². The summed E-state index contributed by atoms with van der Waals surface area (Å²) in [5, 5.41) is 0. The first-order valence-electron chi connectivity index (χ1n) is 25.1. The molecule has 12 rings (SSSR count). The molecule has 82 heavy (non-hydrogen) atoms. The Morgan fingerprint density at radius 2 is 0.829 bits per heavy atom. The van der Waals surface area contributed by atoms with Crippen LogP contribution in [0.3, 0.4) is 0 Å². The highest BCUT2D eigenvalue weighted by Crippen LogP contribution is 2.64. The fourth-order valence-electron chi connectivity index (χ4n) is 10.7. The van der Waals surface area contributed by atoms with Crippen molar-refractivity contribution in [3.63, 3.8) is 0 Å². The van der Waals surface area contributed by atoms with Gasteiger partial charge in [-0.1, -0.05) is 121 Å². The first-order chi connectivity index (χ1) is 39.6. The number of hydrogen-bond acceptors (Lipinski definition) is 14. The molecule has 0 unspecified atom stereocenters. The molecule has 2 aromatic heterocycles. The van der Waals surface area contributed by atoms with Crippen LogP contribution in [0.15, 0.2) is 163 Å². The molecule has 18 heteroatoms. The van der Waals surface area contributed by atoms with E-state index in [0.717, 1.165) is 40.9 Å². The number of esters is 4. The number of halogens is 4. The van der Waals surface area contributed by atoms with Crippen LogP contribution < -0.4 is 0 Å². The lowest BCUT2D eigenvalue weighted by molar-refractivity contribution is -0.167. The van der Waals surface area contributed by atoms with E-state index in [0.29, 0.717) is 34.4 Å². The third kappa shape index (κ3) is 8.56. The van der Waals surface area contributed by atoms with Crippen molar-refractivity contribution >= 4 is 93.0 Å². The summed E-state index contributed by atoms with van der Waals surface area (Å²) >= 11 is 1.71. The number of hydrogen-bond donors (Lipinski definition) is 0. The Morgan fingerprint density at radius 3 is 1.24 bits per heavy atom. The number of ketones is 4. The van der Waals surface area contributed by atoms with Gasteiger partial charge in [0.05, 0.1) is 20.9 Å². The van der Waals surface area contributed by atoms with Crippen LogP contribution in [0.4, 0.5) is 17.6 Å². The van der Waals surface area contributed by atoms with Crippen LogP contribution >= 0.6 is 22.7 Å². The first kappa shape index (κ1) is 52.9. The van der Waals surface area contributed by atoms with E-state index in [1.807, 2.05) is 0 Å². The van der Waals surface area contributed by atoms with Crippen molar-refractivity contribution in [2.75, 3.05) is 0 Å². The first-order valence-corrected chi connectivity index (χ1v) is 26.7. The Kier molecular flexibility index (Phi) is 13.4. The van der Waals surface area contributed by atoms with Crippen molar-refractivity contribution < 1.29 is 74.9 Å². The number of benzene rings is 6. The molecule has 4 aliphatic rings. The van der Waals surface area contributed by atoms with Gasteiger partial charge in [-0.05, 0) is 64.3 Å². The number of rotatable bonds is 14. The monoisotopic (exact) mass is 1140 g/mol. The van der Waals surface area contributed by atoms with Gasteiger partial charge in [-0.25, -0.2) is 17.6 Å². The third-order valence-electron chi connectivity index (χ3n) is 14.5. The average Bonchev–Trinajstić information content (AvgIpc) is 1.84. The summed E-state index contributed by atoms with van der Waals surface area (Å²) in [6, 6.07) is 37.1. The van der Waals surface area contributed by atoms with Gasteiger partial charge >= 0.3 is 23.9 Å². The highest BCUT2D eigenvalue weighted by atomic mass is 32.1. The van der Waals surface area contributed by atoms with Crippen LogP contribution in [0.5, 0.6) is 0 Å². The number of Topliss-reactive ketones (excluding diaryl/α,β-unsaturated/α-hetero) is 4. The third-order valence-corrected chi connectivity index (χ3v) is 16.9. The van der Waals surface area contributed by atoms with Gasteiger partial charge in [0.1, 0.15) is 49.7 Å². The summed E-state index contributed by atoms with van der Waals surface area (Å²) in [4.78, 5) is 119. The molecule has 8 aromatic rings. The van der Waals surface area contributed by atoms with Gasteiger partial charge < -0.3 is 18.9 Å². The van der Waals surface area contributed by atoms with Gasteiger partial charge in [0.2, 0.25) is 34.0 Å². The molecule has 0 amide bonds. The molecular weight excluding hydrogens is 1100 g/mol. The molecule has 0 atom stereocenters. The van der Waals surface area contributed by atoms with Crippen LogP contribution in [0.2, 0.25) is 0 Å². The summed E-state index contributed by atoms with van der Waals surface area (Å²) in [7, 11) is 0. The Bertz CT molecular complexity index is 4090. The molecule has 0 saturated carbocycles. The fraction of sp³-hybridized carbons (Fsp3) is 0.0938. The van der Waals surface area contributed by atoms with E-state index in [1.165, 1.54) is 18.2 Å². The normalized spacial score (nSPS) is 15.9. The van der Waals surface area contributed by atoms with Crippen LogP contribution in [-0.2, 0) is 85.0 Å². The molecule has 0 fully saturated rings. The molecule has 0 bridgehead atoms. The maximum absolute atomic E-state index is 16.0. The maximum atomic E-state index is 16.0. The lowest BCUT2D eigenvalue weighted by atomic mass is 9.69. The molecule has 0 spiro atoms. The molecule has 0 N–H and O–H groups in total. The van der Waals surface area contributed by atoms with E-state index < -0.39 is 141 Å². The van der Waals surface area contributed by atoms with E-state index in [2.05, 4.69) is 0 Å². The van der Waals surface area contributed by atoms with Crippen LogP contribution in [-0.4, -0.2) is 47.0 Å². The van der Waals surface area contributed by atoms with Crippen molar-refractivity contribution in [3.05, 3.63) is 258 Å². The molecule has 2 heterocycles. The maximum Gasteiger partial charge on any atom is 0.333 e. The minimum atomic E-state index is -2.99. The molecule has 0 saturated heterocycles. The molecule has 404 valence electrons. The Hall–Kier alpha value is -9.78. The second kappa shape index (κ2) is 20.7. The molecular formula is C64H36F4O12S2. The van der Waals surface area contributed by atoms with E-state index in [9.17, 15) is 23.6 Å². The highest BCUT2D eigenvalue weighted by Gasteiger charge is 2.68. The van der Waals surface area contributed by atoms with Crippen molar-refractivity contribution in [1.82, 2.24) is 0 Å². The predicted molar refractivity (Wildman–Crippen MR) is 290 cm³/mol. The fourth-order valence-corrected chi connectivity index (χ4v) is 13.4. The van der Waals surface area contributed by atoms with Gasteiger partial charge in [-0.3, -0.25) is 38.4 Å². The number of allylic oxidation sites excluding steroid dienone is 3. The van der Waals surface area contributed by atoms with Gasteiger partial charge in [-0.2, -0.15) is 0 Å². The smallest absolute Gasteiger partial charge is 0.333 e. The number of thiophene rings is 2. The van der Waals surface area contributed by atoms with Gasteiger partial charge in [0, 0.05) is 60.9 Å². The van der Waals surface area contributed by atoms with Crippen LogP contribution in [0, 0.1) is 23.3 Å². The highest BCUT2D eigenvalue weighted by molar-refractivity contribution is 7.24.